The smallest absolute Gasteiger partial charge is 0.227 e. The molecule has 2 heterocycles. The molecular formula is C27H31N3O2. The molecule has 166 valence electrons. The average molecular weight is 430 g/mol. The second-order valence-electron chi connectivity index (χ2n) is 8.30. The molecule has 2 aromatic carbocycles. The SMILES string of the molecule is CCN1CCN(Cc2ccc(OC)cc2)C[C@@H](Cc2ccccc2-c2ccncc2)C1=O. The molecule has 0 aliphatic carbocycles. The molecule has 1 fully saturated rings. The number of hydrogen-bond acceptors (Lipinski definition) is 4. The molecule has 1 amide bonds. The van der Waals surface area contributed by atoms with E-state index in [2.05, 4.69) is 53.2 Å². The minimum atomic E-state index is -0.0707. The van der Waals surface area contributed by atoms with Crippen LogP contribution in [0.2, 0.25) is 0 Å². The van der Waals surface area contributed by atoms with Crippen molar-refractivity contribution in [2.75, 3.05) is 33.3 Å². The summed E-state index contributed by atoms with van der Waals surface area (Å²) in [6.07, 6.45) is 4.36. The van der Waals surface area contributed by atoms with Gasteiger partial charge < -0.3 is 9.64 Å². The van der Waals surface area contributed by atoms with E-state index >= 15 is 0 Å². The Bertz CT molecular complexity index is 1020. The average Bonchev–Trinajstić information content (AvgIpc) is 2.99. The molecule has 5 heteroatoms. The van der Waals surface area contributed by atoms with Gasteiger partial charge in [-0.2, -0.15) is 0 Å². The third-order valence-electron chi connectivity index (χ3n) is 6.25. The largest absolute Gasteiger partial charge is 0.497 e. The molecule has 3 aromatic rings. The number of ether oxygens (including phenoxy) is 1. The first-order valence-electron chi connectivity index (χ1n) is 11.3. The normalized spacial score (nSPS) is 17.2. The first kappa shape index (κ1) is 22.0. The molecule has 1 aliphatic heterocycles. The topological polar surface area (TPSA) is 45.7 Å². The number of rotatable bonds is 7. The summed E-state index contributed by atoms with van der Waals surface area (Å²) in [5.74, 6) is 1.05. The van der Waals surface area contributed by atoms with Gasteiger partial charge in [0.1, 0.15) is 5.75 Å². The highest BCUT2D eigenvalue weighted by Gasteiger charge is 2.30. The minimum Gasteiger partial charge on any atom is -0.497 e. The molecular weight excluding hydrogens is 398 g/mol. The van der Waals surface area contributed by atoms with E-state index in [0.29, 0.717) is 0 Å². The Morgan fingerprint density at radius 1 is 1.00 bits per heavy atom. The van der Waals surface area contributed by atoms with Crippen molar-refractivity contribution in [3.8, 4) is 16.9 Å². The third-order valence-corrected chi connectivity index (χ3v) is 6.25. The van der Waals surface area contributed by atoms with Gasteiger partial charge >= 0.3 is 0 Å². The van der Waals surface area contributed by atoms with Crippen LogP contribution in [0.4, 0.5) is 0 Å². The molecule has 1 aromatic heterocycles. The lowest BCUT2D eigenvalue weighted by Crippen LogP contribution is -2.37. The highest BCUT2D eigenvalue weighted by atomic mass is 16.5. The van der Waals surface area contributed by atoms with Crippen LogP contribution in [-0.2, 0) is 17.8 Å². The summed E-state index contributed by atoms with van der Waals surface area (Å²) in [6.45, 7) is 6.06. The molecule has 1 saturated heterocycles. The van der Waals surface area contributed by atoms with Crippen LogP contribution in [0.15, 0.2) is 73.1 Å². The van der Waals surface area contributed by atoms with Gasteiger partial charge in [-0.3, -0.25) is 14.7 Å². The summed E-state index contributed by atoms with van der Waals surface area (Å²) < 4.78 is 5.28. The van der Waals surface area contributed by atoms with Crippen LogP contribution in [0, 0.1) is 5.92 Å². The lowest BCUT2D eigenvalue weighted by molar-refractivity contribution is -0.134. The second-order valence-corrected chi connectivity index (χ2v) is 8.30. The Kier molecular flexibility index (Phi) is 7.17. The highest BCUT2D eigenvalue weighted by molar-refractivity contribution is 5.80. The predicted molar refractivity (Wildman–Crippen MR) is 127 cm³/mol. The number of benzene rings is 2. The van der Waals surface area contributed by atoms with Gasteiger partial charge in [-0.25, -0.2) is 0 Å². The lowest BCUT2D eigenvalue weighted by atomic mass is 9.91. The van der Waals surface area contributed by atoms with Crippen molar-refractivity contribution < 1.29 is 9.53 Å². The number of nitrogens with zero attached hydrogens (tertiary/aromatic N) is 3. The molecule has 0 bridgehead atoms. The predicted octanol–water partition coefficient (Wildman–Crippen LogP) is 4.28. The van der Waals surface area contributed by atoms with E-state index in [1.54, 1.807) is 7.11 Å². The van der Waals surface area contributed by atoms with Gasteiger partial charge in [-0.1, -0.05) is 36.4 Å². The van der Waals surface area contributed by atoms with Crippen LogP contribution in [0.3, 0.4) is 0 Å². The Morgan fingerprint density at radius 3 is 2.47 bits per heavy atom. The zero-order valence-corrected chi connectivity index (χ0v) is 18.9. The Hall–Kier alpha value is -3.18. The molecule has 0 radical (unpaired) electrons. The summed E-state index contributed by atoms with van der Waals surface area (Å²) >= 11 is 0. The molecule has 0 N–H and O–H groups in total. The molecule has 4 rings (SSSR count). The number of amides is 1. The number of hydrogen-bond donors (Lipinski definition) is 0. The molecule has 1 aliphatic rings. The fourth-order valence-electron chi connectivity index (χ4n) is 4.49. The zero-order chi connectivity index (χ0) is 22.3. The van der Waals surface area contributed by atoms with E-state index in [0.717, 1.165) is 50.5 Å². The molecule has 5 nitrogen and oxygen atoms in total. The zero-order valence-electron chi connectivity index (χ0n) is 18.9. The van der Waals surface area contributed by atoms with Gasteiger partial charge in [0.05, 0.1) is 13.0 Å². The van der Waals surface area contributed by atoms with E-state index < -0.39 is 0 Å². The summed E-state index contributed by atoms with van der Waals surface area (Å²) in [6, 6.07) is 20.7. The van der Waals surface area contributed by atoms with E-state index in [4.69, 9.17) is 4.74 Å². The van der Waals surface area contributed by atoms with Gasteiger partial charge in [0.25, 0.3) is 0 Å². The third kappa shape index (κ3) is 5.17. The number of methoxy groups -OCH3 is 1. The number of likely N-dealkylation sites (N-methyl/N-ethyl adjacent to an activating group) is 1. The fourth-order valence-corrected chi connectivity index (χ4v) is 4.49. The standard InChI is InChI=1S/C27H31N3O2/c1-3-30-17-16-29(19-21-8-10-25(32-2)11-9-21)20-24(27(30)31)18-23-6-4-5-7-26(23)22-12-14-28-15-13-22/h4-15,24H,3,16-20H2,1-2H3/t24-/m1/s1. The van der Waals surface area contributed by atoms with Crippen molar-refractivity contribution in [2.24, 2.45) is 5.92 Å². The molecule has 0 saturated carbocycles. The lowest BCUT2D eigenvalue weighted by Gasteiger charge is -2.24. The van der Waals surface area contributed by atoms with Crippen LogP contribution < -0.4 is 4.74 Å². The molecule has 0 unspecified atom stereocenters. The summed E-state index contributed by atoms with van der Waals surface area (Å²) in [5, 5.41) is 0. The second kappa shape index (κ2) is 10.4. The molecule has 1 atom stereocenters. The fraction of sp³-hybridized carbons (Fsp3) is 0.333. The van der Waals surface area contributed by atoms with Crippen molar-refractivity contribution in [1.29, 1.82) is 0 Å². The summed E-state index contributed by atoms with van der Waals surface area (Å²) in [5.41, 5.74) is 4.76. The Labute approximate surface area is 190 Å². The van der Waals surface area contributed by atoms with Crippen molar-refractivity contribution >= 4 is 5.91 Å². The van der Waals surface area contributed by atoms with E-state index in [-0.39, 0.29) is 11.8 Å². The number of aromatic nitrogens is 1. The van der Waals surface area contributed by atoms with Crippen LogP contribution >= 0.6 is 0 Å². The monoisotopic (exact) mass is 429 g/mol. The van der Waals surface area contributed by atoms with Gasteiger partial charge in [-0.05, 0) is 59.9 Å². The molecule has 32 heavy (non-hydrogen) atoms. The van der Waals surface area contributed by atoms with Crippen molar-refractivity contribution in [2.45, 2.75) is 19.9 Å². The minimum absolute atomic E-state index is 0.0707. The first-order chi connectivity index (χ1) is 15.7. The van der Waals surface area contributed by atoms with Gasteiger partial charge in [0.15, 0.2) is 0 Å². The first-order valence-corrected chi connectivity index (χ1v) is 11.3. The number of pyridine rings is 1. The van der Waals surface area contributed by atoms with Crippen LogP contribution in [0.25, 0.3) is 11.1 Å². The number of carbonyl (C=O) groups is 1. The van der Waals surface area contributed by atoms with E-state index in [9.17, 15) is 4.79 Å². The van der Waals surface area contributed by atoms with Crippen LogP contribution in [0.1, 0.15) is 18.1 Å². The van der Waals surface area contributed by atoms with Gasteiger partial charge in [-0.15, -0.1) is 0 Å². The summed E-state index contributed by atoms with van der Waals surface area (Å²) in [4.78, 5) is 21.9. The van der Waals surface area contributed by atoms with Crippen molar-refractivity contribution in [3.05, 3.63) is 84.2 Å². The van der Waals surface area contributed by atoms with E-state index in [1.807, 2.05) is 41.6 Å². The summed E-state index contributed by atoms with van der Waals surface area (Å²) in [7, 11) is 1.68. The Balaban J connectivity index is 1.56. The van der Waals surface area contributed by atoms with Crippen molar-refractivity contribution in [1.82, 2.24) is 14.8 Å². The maximum Gasteiger partial charge on any atom is 0.227 e. The maximum atomic E-state index is 13.4. The number of carbonyl (C=O) groups excluding carboxylic acids is 1. The quantitative estimate of drug-likeness (QED) is 0.562. The van der Waals surface area contributed by atoms with E-state index in [1.165, 1.54) is 16.7 Å². The Morgan fingerprint density at radius 2 is 1.75 bits per heavy atom. The van der Waals surface area contributed by atoms with Gasteiger partial charge in [0.2, 0.25) is 5.91 Å². The molecule has 0 spiro atoms. The van der Waals surface area contributed by atoms with Crippen molar-refractivity contribution in [3.63, 3.8) is 0 Å². The van der Waals surface area contributed by atoms with Gasteiger partial charge in [0, 0.05) is 45.1 Å². The highest BCUT2D eigenvalue weighted by Crippen LogP contribution is 2.27. The maximum absolute atomic E-state index is 13.4. The van der Waals surface area contributed by atoms with Crippen LogP contribution in [0.5, 0.6) is 5.75 Å². The van der Waals surface area contributed by atoms with Crippen LogP contribution in [-0.4, -0.2) is 54.0 Å².